The molecular formula is C19H20N2O3. The number of fused-ring (bicyclic) bond motifs is 1. The molecule has 5 rings (SSSR count). The van der Waals surface area contributed by atoms with Gasteiger partial charge >= 0.3 is 0 Å². The molecule has 1 saturated heterocycles. The van der Waals surface area contributed by atoms with Crippen LogP contribution in [0.25, 0.3) is 0 Å². The molecule has 3 amide bonds. The standard InChI is InChI=1S/C19H20N2O3/c1-11-4-2-3-5-14(11)20-15(22)10-21-18(23)16-12-6-7-13(9-8-12)17(16)19(21)24/h2-7,12-13,16-17H,8-10H2,1H3,(H,20,22). The molecule has 5 nitrogen and oxygen atoms in total. The van der Waals surface area contributed by atoms with Gasteiger partial charge < -0.3 is 5.32 Å². The summed E-state index contributed by atoms with van der Waals surface area (Å²) in [5.41, 5.74) is 1.65. The number of hydrogen-bond acceptors (Lipinski definition) is 3. The van der Waals surface area contributed by atoms with Gasteiger partial charge in [0.15, 0.2) is 0 Å². The zero-order valence-electron chi connectivity index (χ0n) is 13.6. The molecule has 24 heavy (non-hydrogen) atoms. The van der Waals surface area contributed by atoms with Crippen LogP contribution in [0.4, 0.5) is 5.69 Å². The van der Waals surface area contributed by atoms with E-state index in [9.17, 15) is 14.4 Å². The molecule has 1 N–H and O–H groups in total. The summed E-state index contributed by atoms with van der Waals surface area (Å²) in [6, 6.07) is 7.45. The number of likely N-dealkylation sites (tertiary alicyclic amines) is 1. The molecule has 0 spiro atoms. The van der Waals surface area contributed by atoms with E-state index in [0.717, 1.165) is 18.4 Å². The molecule has 2 bridgehead atoms. The van der Waals surface area contributed by atoms with Crippen molar-refractivity contribution in [3.05, 3.63) is 42.0 Å². The number of allylic oxidation sites excluding steroid dienone is 2. The molecule has 0 radical (unpaired) electrons. The molecule has 2 fully saturated rings. The van der Waals surface area contributed by atoms with Crippen molar-refractivity contribution in [2.75, 3.05) is 11.9 Å². The molecule has 3 aliphatic carbocycles. The number of para-hydroxylation sites is 1. The van der Waals surface area contributed by atoms with E-state index in [1.807, 2.05) is 31.2 Å². The zero-order valence-corrected chi connectivity index (χ0v) is 13.6. The van der Waals surface area contributed by atoms with E-state index in [1.54, 1.807) is 0 Å². The highest BCUT2D eigenvalue weighted by Crippen LogP contribution is 2.49. The topological polar surface area (TPSA) is 66.5 Å². The fourth-order valence-electron chi connectivity index (χ4n) is 4.34. The predicted molar refractivity (Wildman–Crippen MR) is 88.9 cm³/mol. The van der Waals surface area contributed by atoms with Crippen LogP contribution in [0.1, 0.15) is 18.4 Å². The molecule has 1 aliphatic heterocycles. The third-order valence-electron chi connectivity index (χ3n) is 5.57. The minimum Gasteiger partial charge on any atom is -0.324 e. The van der Waals surface area contributed by atoms with Gasteiger partial charge in [-0.15, -0.1) is 0 Å². The number of anilines is 1. The Balaban J connectivity index is 1.49. The van der Waals surface area contributed by atoms with E-state index >= 15 is 0 Å². The van der Waals surface area contributed by atoms with Gasteiger partial charge in [-0.3, -0.25) is 19.3 Å². The number of nitrogens with zero attached hydrogens (tertiary/aromatic N) is 1. The summed E-state index contributed by atoms with van der Waals surface area (Å²) < 4.78 is 0. The maximum Gasteiger partial charge on any atom is 0.244 e. The summed E-state index contributed by atoms with van der Waals surface area (Å²) in [5, 5.41) is 2.80. The number of nitrogens with one attached hydrogen (secondary N) is 1. The Labute approximate surface area is 140 Å². The third kappa shape index (κ3) is 2.27. The summed E-state index contributed by atoms with van der Waals surface area (Å²) >= 11 is 0. The Morgan fingerprint density at radius 3 is 2.21 bits per heavy atom. The number of amides is 3. The van der Waals surface area contributed by atoms with Crippen molar-refractivity contribution in [3.8, 4) is 0 Å². The largest absolute Gasteiger partial charge is 0.324 e. The van der Waals surface area contributed by atoms with Gasteiger partial charge in [-0.05, 0) is 43.2 Å². The Kier molecular flexibility index (Phi) is 3.52. The maximum atomic E-state index is 12.7. The molecule has 1 saturated carbocycles. The summed E-state index contributed by atoms with van der Waals surface area (Å²) in [4.78, 5) is 38.9. The van der Waals surface area contributed by atoms with Gasteiger partial charge in [0.05, 0.1) is 11.8 Å². The van der Waals surface area contributed by atoms with Gasteiger partial charge in [-0.2, -0.15) is 0 Å². The molecule has 1 aromatic carbocycles. The first-order chi connectivity index (χ1) is 11.6. The number of benzene rings is 1. The van der Waals surface area contributed by atoms with Gasteiger partial charge in [-0.1, -0.05) is 30.4 Å². The van der Waals surface area contributed by atoms with Crippen molar-refractivity contribution in [2.45, 2.75) is 19.8 Å². The number of hydrogen-bond donors (Lipinski definition) is 1. The van der Waals surface area contributed by atoms with E-state index in [0.29, 0.717) is 5.69 Å². The molecular weight excluding hydrogens is 304 g/mol. The summed E-state index contributed by atoms with van der Waals surface area (Å²) in [7, 11) is 0. The number of aryl methyl sites for hydroxylation is 1. The lowest BCUT2D eigenvalue weighted by Gasteiger charge is -2.38. The van der Waals surface area contributed by atoms with Crippen molar-refractivity contribution in [1.82, 2.24) is 4.90 Å². The summed E-state index contributed by atoms with van der Waals surface area (Å²) in [6.07, 6.45) is 6.09. The van der Waals surface area contributed by atoms with E-state index in [4.69, 9.17) is 0 Å². The van der Waals surface area contributed by atoms with E-state index in [2.05, 4.69) is 17.5 Å². The molecule has 1 aromatic rings. The Hall–Kier alpha value is -2.43. The lowest BCUT2D eigenvalue weighted by atomic mass is 9.63. The van der Waals surface area contributed by atoms with Crippen LogP contribution in [0, 0.1) is 30.6 Å². The van der Waals surface area contributed by atoms with Crippen LogP contribution < -0.4 is 5.32 Å². The van der Waals surface area contributed by atoms with Crippen LogP contribution >= 0.6 is 0 Å². The summed E-state index contributed by atoms with van der Waals surface area (Å²) in [5.74, 6) is -0.889. The fourth-order valence-corrected chi connectivity index (χ4v) is 4.34. The Bertz CT molecular complexity index is 723. The number of carbonyl (C=O) groups is 3. The second-order valence-corrected chi connectivity index (χ2v) is 6.97. The molecule has 4 aliphatic rings. The highest BCUT2D eigenvalue weighted by Gasteiger charge is 2.56. The monoisotopic (exact) mass is 324 g/mol. The van der Waals surface area contributed by atoms with Crippen LogP contribution in [-0.4, -0.2) is 29.2 Å². The normalized spacial score (nSPS) is 30.6. The summed E-state index contributed by atoms with van der Waals surface area (Å²) in [6.45, 7) is 1.71. The molecule has 0 aromatic heterocycles. The second-order valence-electron chi connectivity index (χ2n) is 6.97. The molecule has 1 heterocycles. The van der Waals surface area contributed by atoms with Crippen molar-refractivity contribution in [2.24, 2.45) is 23.7 Å². The molecule has 4 unspecified atom stereocenters. The number of imide groups is 1. The van der Waals surface area contributed by atoms with E-state index in [1.165, 1.54) is 4.90 Å². The first-order valence-corrected chi connectivity index (χ1v) is 8.45. The highest BCUT2D eigenvalue weighted by atomic mass is 16.2. The van der Waals surface area contributed by atoms with Crippen LogP contribution in [-0.2, 0) is 14.4 Å². The quantitative estimate of drug-likeness (QED) is 0.684. The van der Waals surface area contributed by atoms with Crippen LogP contribution in [0.2, 0.25) is 0 Å². The smallest absolute Gasteiger partial charge is 0.244 e. The Morgan fingerprint density at radius 2 is 1.67 bits per heavy atom. The molecule has 124 valence electrons. The lowest BCUT2D eigenvalue weighted by molar-refractivity contribution is -0.142. The minimum atomic E-state index is -0.329. The first-order valence-electron chi connectivity index (χ1n) is 8.45. The van der Waals surface area contributed by atoms with Crippen molar-refractivity contribution in [3.63, 3.8) is 0 Å². The van der Waals surface area contributed by atoms with Crippen molar-refractivity contribution < 1.29 is 14.4 Å². The zero-order chi connectivity index (χ0) is 16.8. The van der Waals surface area contributed by atoms with Crippen LogP contribution in [0.3, 0.4) is 0 Å². The van der Waals surface area contributed by atoms with E-state index in [-0.39, 0.29) is 47.9 Å². The van der Waals surface area contributed by atoms with Crippen molar-refractivity contribution in [1.29, 1.82) is 0 Å². The SMILES string of the molecule is Cc1ccccc1NC(=O)CN1C(=O)C2C3C=CC(CC3)C2C1=O. The number of carbonyl (C=O) groups excluding carboxylic acids is 3. The fraction of sp³-hybridized carbons (Fsp3) is 0.421. The molecule has 4 atom stereocenters. The van der Waals surface area contributed by atoms with Crippen molar-refractivity contribution >= 4 is 23.4 Å². The minimum absolute atomic E-state index is 0.154. The predicted octanol–water partition coefficient (Wildman–Crippen LogP) is 2.13. The average molecular weight is 324 g/mol. The maximum absolute atomic E-state index is 12.7. The third-order valence-corrected chi connectivity index (χ3v) is 5.57. The van der Waals surface area contributed by atoms with Crippen LogP contribution in [0.15, 0.2) is 36.4 Å². The number of rotatable bonds is 3. The Morgan fingerprint density at radius 1 is 1.08 bits per heavy atom. The lowest BCUT2D eigenvalue weighted by Crippen LogP contribution is -2.38. The molecule has 5 heteroatoms. The van der Waals surface area contributed by atoms with Gasteiger partial charge in [-0.25, -0.2) is 0 Å². The van der Waals surface area contributed by atoms with E-state index < -0.39 is 0 Å². The highest BCUT2D eigenvalue weighted by molar-refractivity contribution is 6.09. The van der Waals surface area contributed by atoms with Gasteiger partial charge in [0.25, 0.3) is 0 Å². The van der Waals surface area contributed by atoms with Gasteiger partial charge in [0, 0.05) is 5.69 Å². The second kappa shape index (κ2) is 5.58. The first kappa shape index (κ1) is 15.1. The van der Waals surface area contributed by atoms with Gasteiger partial charge in [0.1, 0.15) is 6.54 Å². The van der Waals surface area contributed by atoms with Crippen LogP contribution in [0.5, 0.6) is 0 Å². The van der Waals surface area contributed by atoms with Gasteiger partial charge in [0.2, 0.25) is 17.7 Å². The average Bonchev–Trinajstić information content (AvgIpc) is 2.85.